The highest BCUT2D eigenvalue weighted by atomic mass is 16.7. The summed E-state index contributed by atoms with van der Waals surface area (Å²) in [5.74, 6) is 0.567. The molecular formula is C27H29N7O4. The lowest BCUT2D eigenvalue weighted by Crippen LogP contribution is -2.34. The van der Waals surface area contributed by atoms with Crippen LogP contribution in [-0.4, -0.2) is 64.8 Å². The van der Waals surface area contributed by atoms with Crippen LogP contribution in [0.5, 0.6) is 0 Å². The Labute approximate surface area is 219 Å². The van der Waals surface area contributed by atoms with E-state index < -0.39 is 0 Å². The summed E-state index contributed by atoms with van der Waals surface area (Å²) in [6.45, 7) is 3.96. The first kappa shape index (κ1) is 24.4. The van der Waals surface area contributed by atoms with Crippen molar-refractivity contribution in [2.75, 3.05) is 43.5 Å². The monoisotopic (exact) mass is 515 g/mol. The number of hydrogen-bond acceptors (Lipinski definition) is 8. The van der Waals surface area contributed by atoms with Gasteiger partial charge in [-0.15, -0.1) is 0 Å². The van der Waals surface area contributed by atoms with E-state index in [1.807, 2.05) is 59.2 Å². The molecule has 11 nitrogen and oxygen atoms in total. The van der Waals surface area contributed by atoms with Gasteiger partial charge in [0.15, 0.2) is 17.8 Å². The van der Waals surface area contributed by atoms with Crippen molar-refractivity contribution in [1.82, 2.24) is 24.8 Å². The van der Waals surface area contributed by atoms with Gasteiger partial charge in [-0.2, -0.15) is 0 Å². The normalized spacial score (nSPS) is 18.1. The van der Waals surface area contributed by atoms with Crippen LogP contribution in [-0.2, 0) is 20.8 Å². The van der Waals surface area contributed by atoms with Gasteiger partial charge in [-0.05, 0) is 36.4 Å². The van der Waals surface area contributed by atoms with E-state index in [2.05, 4.69) is 20.9 Å². The minimum Gasteiger partial charge on any atom is -0.369 e. The van der Waals surface area contributed by atoms with Crippen LogP contribution in [0.15, 0.2) is 60.9 Å². The first-order chi connectivity index (χ1) is 18.7. The van der Waals surface area contributed by atoms with E-state index in [9.17, 15) is 4.79 Å². The molecule has 2 amide bonds. The summed E-state index contributed by atoms with van der Waals surface area (Å²) in [6.07, 6.45) is 2.06. The maximum atomic E-state index is 12.4. The largest absolute Gasteiger partial charge is 0.369 e. The van der Waals surface area contributed by atoms with E-state index in [1.54, 1.807) is 6.33 Å². The topological polar surface area (TPSA) is 124 Å². The molecule has 11 heteroatoms. The molecule has 196 valence electrons. The Hall–Kier alpha value is -3.90. The average Bonchev–Trinajstić information content (AvgIpc) is 3.63. The number of benzene rings is 2. The number of urea groups is 1. The lowest BCUT2D eigenvalue weighted by molar-refractivity contribution is -0.0489. The van der Waals surface area contributed by atoms with Crippen molar-refractivity contribution in [2.45, 2.75) is 25.4 Å². The van der Waals surface area contributed by atoms with Gasteiger partial charge in [0.25, 0.3) is 0 Å². The van der Waals surface area contributed by atoms with Crippen LogP contribution in [0, 0.1) is 0 Å². The summed E-state index contributed by atoms with van der Waals surface area (Å²) in [5, 5.41) is 9.04. The third-order valence-corrected chi connectivity index (χ3v) is 6.45. The molecule has 1 atom stereocenters. The van der Waals surface area contributed by atoms with Crippen molar-refractivity contribution in [3.8, 4) is 11.4 Å². The number of amides is 2. The molecule has 0 bridgehead atoms. The second-order valence-electron chi connectivity index (χ2n) is 9.09. The summed E-state index contributed by atoms with van der Waals surface area (Å²) in [5.41, 5.74) is 4.42. The summed E-state index contributed by atoms with van der Waals surface area (Å²) < 4.78 is 19.2. The zero-order chi connectivity index (χ0) is 25.7. The number of aryl methyl sites for hydroxylation is 1. The van der Waals surface area contributed by atoms with Crippen molar-refractivity contribution >= 4 is 28.6 Å². The number of nitrogens with zero attached hydrogens (tertiary/aromatic N) is 4. The molecule has 4 aromatic rings. The van der Waals surface area contributed by atoms with Crippen LogP contribution in [0.25, 0.3) is 22.6 Å². The molecule has 0 spiro atoms. The number of anilines is 2. The number of carbonyl (C=O) groups is 1. The van der Waals surface area contributed by atoms with Gasteiger partial charge in [0.05, 0.1) is 26.1 Å². The van der Waals surface area contributed by atoms with Gasteiger partial charge < -0.3 is 34.7 Å². The molecule has 2 aromatic carbocycles. The first-order valence-corrected chi connectivity index (χ1v) is 12.7. The van der Waals surface area contributed by atoms with Crippen LogP contribution >= 0.6 is 0 Å². The van der Waals surface area contributed by atoms with Crippen LogP contribution in [0.4, 0.5) is 16.2 Å². The zero-order valence-corrected chi connectivity index (χ0v) is 20.8. The molecule has 4 heterocycles. The fraction of sp³-hybridized carbons (Fsp3) is 0.333. The Kier molecular flexibility index (Phi) is 7.22. The summed E-state index contributed by atoms with van der Waals surface area (Å²) in [4.78, 5) is 26.8. The standard InChI is InChI=1S/C27H29N7O4/c35-27(30-19-4-2-1-3-5-19)31-20-8-6-18(7-9-20)25-32-23(21-16-28-11-13-36-21)24-26(33-25)34(17-29-24)12-10-22-37-14-15-38-22/h1-9,17,21-22,28H,10-16H2,(H2,30,31,35). The summed E-state index contributed by atoms with van der Waals surface area (Å²) in [7, 11) is 0. The number of para-hydroxylation sites is 1. The van der Waals surface area contributed by atoms with Gasteiger partial charge in [0, 0.05) is 43.0 Å². The smallest absolute Gasteiger partial charge is 0.323 e. The van der Waals surface area contributed by atoms with Gasteiger partial charge in [0.2, 0.25) is 0 Å². The highest BCUT2D eigenvalue weighted by molar-refractivity contribution is 5.99. The first-order valence-electron chi connectivity index (χ1n) is 12.7. The number of carbonyl (C=O) groups excluding carboxylic acids is 1. The lowest BCUT2D eigenvalue weighted by Gasteiger charge is -2.23. The molecule has 3 N–H and O–H groups in total. The third-order valence-electron chi connectivity index (χ3n) is 6.45. The highest BCUT2D eigenvalue weighted by Gasteiger charge is 2.25. The SMILES string of the molecule is O=C(Nc1ccccc1)Nc1ccc(-c2nc(C3CNCCO3)c3ncn(CCC4OCCO4)c3n2)cc1. The Bertz CT molecular complexity index is 1380. The van der Waals surface area contributed by atoms with Crippen molar-refractivity contribution < 1.29 is 19.0 Å². The van der Waals surface area contributed by atoms with Crippen LogP contribution in [0.2, 0.25) is 0 Å². The Morgan fingerprint density at radius 1 is 0.947 bits per heavy atom. The van der Waals surface area contributed by atoms with Crippen LogP contribution < -0.4 is 16.0 Å². The fourth-order valence-electron chi connectivity index (χ4n) is 4.56. The summed E-state index contributed by atoms with van der Waals surface area (Å²) in [6, 6.07) is 16.4. The molecule has 6 rings (SSSR count). The third kappa shape index (κ3) is 5.50. The second kappa shape index (κ2) is 11.2. The van der Waals surface area contributed by atoms with E-state index in [0.29, 0.717) is 50.8 Å². The number of morpholine rings is 1. The van der Waals surface area contributed by atoms with Crippen molar-refractivity contribution in [3.05, 3.63) is 66.6 Å². The molecule has 1 unspecified atom stereocenters. The number of nitrogens with one attached hydrogen (secondary N) is 3. The van der Waals surface area contributed by atoms with Crippen LogP contribution in [0.1, 0.15) is 18.2 Å². The molecule has 2 aromatic heterocycles. The molecule has 0 radical (unpaired) electrons. The van der Waals surface area contributed by atoms with E-state index in [4.69, 9.17) is 24.2 Å². The molecule has 38 heavy (non-hydrogen) atoms. The fourth-order valence-corrected chi connectivity index (χ4v) is 4.56. The van der Waals surface area contributed by atoms with Gasteiger partial charge >= 0.3 is 6.03 Å². The molecule has 0 aliphatic carbocycles. The predicted molar refractivity (Wildman–Crippen MR) is 142 cm³/mol. The van der Waals surface area contributed by atoms with E-state index in [-0.39, 0.29) is 18.4 Å². The highest BCUT2D eigenvalue weighted by Crippen LogP contribution is 2.28. The Morgan fingerprint density at radius 2 is 1.71 bits per heavy atom. The van der Waals surface area contributed by atoms with Gasteiger partial charge in [-0.25, -0.2) is 19.7 Å². The Morgan fingerprint density at radius 3 is 2.45 bits per heavy atom. The average molecular weight is 516 g/mol. The van der Waals surface area contributed by atoms with Gasteiger partial charge in [0.1, 0.15) is 17.3 Å². The number of imidazole rings is 1. The van der Waals surface area contributed by atoms with E-state index >= 15 is 0 Å². The number of rotatable bonds is 7. The zero-order valence-electron chi connectivity index (χ0n) is 20.8. The van der Waals surface area contributed by atoms with E-state index in [1.165, 1.54) is 0 Å². The molecule has 2 aliphatic rings. The summed E-state index contributed by atoms with van der Waals surface area (Å²) >= 11 is 0. The minimum atomic E-state index is -0.315. The number of ether oxygens (including phenoxy) is 3. The Balaban J connectivity index is 1.25. The maximum absolute atomic E-state index is 12.4. The molecule has 2 fully saturated rings. The minimum absolute atomic E-state index is 0.210. The molecule has 0 saturated carbocycles. The molecule has 2 aliphatic heterocycles. The van der Waals surface area contributed by atoms with Gasteiger partial charge in [-0.3, -0.25) is 0 Å². The van der Waals surface area contributed by atoms with E-state index in [0.717, 1.165) is 34.7 Å². The lowest BCUT2D eigenvalue weighted by atomic mass is 10.1. The molecular weight excluding hydrogens is 486 g/mol. The maximum Gasteiger partial charge on any atom is 0.323 e. The second-order valence-corrected chi connectivity index (χ2v) is 9.09. The number of fused-ring (bicyclic) bond motifs is 1. The van der Waals surface area contributed by atoms with Gasteiger partial charge in [-0.1, -0.05) is 18.2 Å². The number of aromatic nitrogens is 4. The number of hydrogen-bond donors (Lipinski definition) is 3. The van der Waals surface area contributed by atoms with Crippen LogP contribution in [0.3, 0.4) is 0 Å². The molecule has 2 saturated heterocycles. The van der Waals surface area contributed by atoms with Crippen molar-refractivity contribution in [2.24, 2.45) is 0 Å². The quantitative estimate of drug-likeness (QED) is 0.341. The predicted octanol–water partition coefficient (Wildman–Crippen LogP) is 3.56. The van der Waals surface area contributed by atoms with Crippen molar-refractivity contribution in [3.63, 3.8) is 0 Å². The van der Waals surface area contributed by atoms with Crippen molar-refractivity contribution in [1.29, 1.82) is 0 Å².